The molecule has 1 N–H and O–H groups in total. The molecule has 0 saturated carbocycles. The Bertz CT molecular complexity index is 1140. The first-order valence-electron chi connectivity index (χ1n) is 9.63. The van der Waals surface area contributed by atoms with Gasteiger partial charge in [0, 0.05) is 24.6 Å². The Morgan fingerprint density at radius 1 is 1.19 bits per heavy atom. The molecule has 0 radical (unpaired) electrons. The van der Waals surface area contributed by atoms with Gasteiger partial charge in [0.15, 0.2) is 17.5 Å². The van der Waals surface area contributed by atoms with Crippen molar-refractivity contribution >= 4 is 28.2 Å². The van der Waals surface area contributed by atoms with E-state index in [-0.39, 0.29) is 11.4 Å². The molecule has 4 rings (SSSR count). The van der Waals surface area contributed by atoms with E-state index < -0.39 is 36.0 Å². The number of carboxylic acids is 1. The van der Waals surface area contributed by atoms with E-state index in [0.29, 0.717) is 35.9 Å². The zero-order valence-electron chi connectivity index (χ0n) is 16.5. The number of carbonyl (C=O) groups is 2. The van der Waals surface area contributed by atoms with Crippen LogP contribution in [0.3, 0.4) is 0 Å². The predicted octanol–water partition coefficient (Wildman–Crippen LogP) is 3.00. The third-order valence-electron chi connectivity index (χ3n) is 5.08. The molecule has 0 spiro atoms. The predicted molar refractivity (Wildman–Crippen MR) is 107 cm³/mol. The number of aromatic nitrogens is 5. The van der Waals surface area contributed by atoms with Crippen molar-refractivity contribution in [2.45, 2.75) is 25.6 Å². The first kappa shape index (κ1) is 21.9. The molecule has 0 bridgehead atoms. The third kappa shape index (κ3) is 4.61. The van der Waals surface area contributed by atoms with Crippen molar-refractivity contribution in [3.05, 3.63) is 41.6 Å². The Kier molecular flexibility index (Phi) is 5.91. The molecule has 1 aliphatic heterocycles. The number of alkyl halides is 3. The largest absolute Gasteiger partial charge is 0.480 e. The molecule has 1 aromatic carbocycles. The Morgan fingerprint density at radius 3 is 2.59 bits per heavy atom. The van der Waals surface area contributed by atoms with Crippen LogP contribution in [0, 0.1) is 5.92 Å². The fourth-order valence-corrected chi connectivity index (χ4v) is 4.43. The molecule has 1 saturated heterocycles. The van der Waals surface area contributed by atoms with E-state index in [2.05, 4.69) is 20.4 Å². The molecule has 1 aliphatic rings. The zero-order chi connectivity index (χ0) is 22.9. The summed E-state index contributed by atoms with van der Waals surface area (Å²) in [4.78, 5) is 31.4. The van der Waals surface area contributed by atoms with Gasteiger partial charge < -0.3 is 10.0 Å². The number of anilines is 1. The molecule has 2 aromatic heterocycles. The third-order valence-corrected chi connectivity index (χ3v) is 6.13. The molecule has 0 atom stereocenters. The molecule has 168 valence electrons. The van der Waals surface area contributed by atoms with Gasteiger partial charge in [0.25, 0.3) is 0 Å². The fraction of sp³-hybridized carbons (Fsp3) is 0.368. The van der Waals surface area contributed by atoms with Crippen molar-refractivity contribution in [1.82, 2.24) is 25.2 Å². The molecule has 13 heteroatoms. The number of hydrogen-bond acceptors (Lipinski definition) is 8. The van der Waals surface area contributed by atoms with Crippen LogP contribution < -0.4 is 4.90 Å². The molecular formula is C19H17F3N6O3S. The second-order valence-electron chi connectivity index (χ2n) is 7.21. The van der Waals surface area contributed by atoms with E-state index in [1.807, 2.05) is 4.90 Å². The van der Waals surface area contributed by atoms with E-state index >= 15 is 0 Å². The van der Waals surface area contributed by atoms with E-state index in [4.69, 9.17) is 5.11 Å². The summed E-state index contributed by atoms with van der Waals surface area (Å²) in [5.41, 5.74) is -1.19. The summed E-state index contributed by atoms with van der Waals surface area (Å²) in [5.74, 6) is -1.82. The topological polar surface area (TPSA) is 114 Å². The lowest BCUT2D eigenvalue weighted by Gasteiger charge is -2.31. The van der Waals surface area contributed by atoms with Gasteiger partial charge in [0.2, 0.25) is 5.82 Å². The van der Waals surface area contributed by atoms with Crippen LogP contribution in [0.4, 0.5) is 18.3 Å². The van der Waals surface area contributed by atoms with E-state index in [0.717, 1.165) is 10.9 Å². The van der Waals surface area contributed by atoms with Crippen molar-refractivity contribution in [3.63, 3.8) is 0 Å². The number of nitrogens with zero attached hydrogens (tertiary/aromatic N) is 6. The highest BCUT2D eigenvalue weighted by molar-refractivity contribution is 7.18. The van der Waals surface area contributed by atoms with Gasteiger partial charge >= 0.3 is 12.1 Å². The molecule has 1 fully saturated rings. The van der Waals surface area contributed by atoms with E-state index in [9.17, 15) is 22.8 Å². The lowest BCUT2D eigenvalue weighted by atomic mass is 9.87. The Hall–Kier alpha value is -3.35. The van der Waals surface area contributed by atoms with Gasteiger partial charge in [-0.3, -0.25) is 9.59 Å². The zero-order valence-corrected chi connectivity index (χ0v) is 17.3. The van der Waals surface area contributed by atoms with Crippen LogP contribution >= 0.6 is 11.3 Å². The van der Waals surface area contributed by atoms with Crippen LogP contribution in [0.5, 0.6) is 0 Å². The van der Waals surface area contributed by atoms with Gasteiger partial charge in [-0.05, 0) is 24.1 Å². The number of hydrogen-bond donors (Lipinski definition) is 1. The van der Waals surface area contributed by atoms with Gasteiger partial charge in [-0.1, -0.05) is 29.5 Å². The SMILES string of the molecule is O=C(O)Cn1nnc(-c2cnc(N3CCC(C(=O)c4ccccc4C(F)(F)F)CC3)s2)n1. The average molecular weight is 466 g/mol. The number of piperidine rings is 1. The maximum absolute atomic E-state index is 13.3. The maximum atomic E-state index is 13.3. The van der Waals surface area contributed by atoms with Gasteiger partial charge in [-0.15, -0.1) is 10.2 Å². The second kappa shape index (κ2) is 8.65. The number of ketones is 1. The smallest absolute Gasteiger partial charge is 0.417 e. The summed E-state index contributed by atoms with van der Waals surface area (Å²) < 4.78 is 39.8. The van der Waals surface area contributed by atoms with Gasteiger partial charge in [0.05, 0.1) is 16.6 Å². The molecular weight excluding hydrogens is 449 g/mol. The summed E-state index contributed by atoms with van der Waals surface area (Å²) in [5, 5.41) is 21.0. The highest BCUT2D eigenvalue weighted by Gasteiger charge is 2.37. The number of carbonyl (C=O) groups excluding carboxylic acids is 1. The minimum atomic E-state index is -4.58. The molecule has 9 nitrogen and oxygen atoms in total. The fourth-order valence-electron chi connectivity index (χ4n) is 3.54. The normalized spacial score (nSPS) is 15.2. The minimum Gasteiger partial charge on any atom is -0.480 e. The number of Topliss-reactive ketones (excluding diaryl/α,β-unsaturated/α-hetero) is 1. The highest BCUT2D eigenvalue weighted by atomic mass is 32.1. The minimum absolute atomic E-state index is 0.254. The van der Waals surface area contributed by atoms with Crippen molar-refractivity contribution in [2.24, 2.45) is 5.92 Å². The summed E-state index contributed by atoms with van der Waals surface area (Å²) >= 11 is 1.29. The van der Waals surface area contributed by atoms with Gasteiger partial charge in [-0.2, -0.15) is 18.0 Å². The van der Waals surface area contributed by atoms with E-state index in [1.54, 1.807) is 6.20 Å². The van der Waals surface area contributed by atoms with Gasteiger partial charge in [-0.25, -0.2) is 4.98 Å². The van der Waals surface area contributed by atoms with Crippen LogP contribution in [0.2, 0.25) is 0 Å². The Labute approximate surface area is 183 Å². The van der Waals surface area contributed by atoms with E-state index in [1.165, 1.54) is 29.5 Å². The standard InChI is InChI=1S/C19H17F3N6O3S/c20-19(21,22)13-4-2-1-3-12(13)16(31)11-5-7-27(8-6-11)18-23-9-14(32-18)17-24-26-28(25-17)10-15(29)30/h1-4,9,11H,5-8,10H2,(H,29,30). The molecule has 0 aliphatic carbocycles. The number of carboxylic acid groups (broad SMARTS) is 1. The Balaban J connectivity index is 1.41. The number of aliphatic carboxylic acids is 1. The van der Waals surface area contributed by atoms with Crippen LogP contribution in [-0.2, 0) is 17.5 Å². The van der Waals surface area contributed by atoms with Crippen molar-refractivity contribution < 1.29 is 27.9 Å². The number of benzene rings is 1. The maximum Gasteiger partial charge on any atom is 0.417 e. The molecule has 32 heavy (non-hydrogen) atoms. The van der Waals surface area contributed by atoms with Crippen LogP contribution in [0.15, 0.2) is 30.5 Å². The summed E-state index contributed by atoms with van der Waals surface area (Å²) in [6, 6.07) is 4.88. The van der Waals surface area contributed by atoms with Gasteiger partial charge in [0.1, 0.15) is 0 Å². The molecule has 0 unspecified atom stereocenters. The average Bonchev–Trinajstić information content (AvgIpc) is 3.42. The summed E-state index contributed by atoms with van der Waals surface area (Å²) in [7, 11) is 0. The van der Waals surface area contributed by atoms with Crippen molar-refractivity contribution in [3.8, 4) is 10.7 Å². The monoisotopic (exact) mass is 466 g/mol. The first-order chi connectivity index (χ1) is 15.2. The molecule has 3 heterocycles. The first-order valence-corrected chi connectivity index (χ1v) is 10.4. The quantitative estimate of drug-likeness (QED) is 0.552. The number of tetrazole rings is 1. The van der Waals surface area contributed by atoms with Crippen LogP contribution in [0.1, 0.15) is 28.8 Å². The molecule has 0 amide bonds. The van der Waals surface area contributed by atoms with Crippen molar-refractivity contribution in [1.29, 1.82) is 0 Å². The number of rotatable bonds is 6. The lowest BCUT2D eigenvalue weighted by molar-refractivity contribution is -0.139. The number of halogens is 3. The number of thiazole rings is 1. The van der Waals surface area contributed by atoms with Crippen LogP contribution in [-0.4, -0.2) is 55.1 Å². The van der Waals surface area contributed by atoms with Crippen LogP contribution in [0.25, 0.3) is 10.7 Å². The summed E-state index contributed by atoms with van der Waals surface area (Å²) in [6.07, 6.45) is -2.20. The highest BCUT2D eigenvalue weighted by Crippen LogP contribution is 2.35. The summed E-state index contributed by atoms with van der Waals surface area (Å²) in [6.45, 7) is 0.533. The van der Waals surface area contributed by atoms with Crippen molar-refractivity contribution in [2.75, 3.05) is 18.0 Å². The Morgan fingerprint density at radius 2 is 1.91 bits per heavy atom. The lowest BCUT2D eigenvalue weighted by Crippen LogP contribution is -2.36. The molecule has 3 aromatic rings. The second-order valence-corrected chi connectivity index (χ2v) is 8.22.